The van der Waals surface area contributed by atoms with Gasteiger partial charge in [0.25, 0.3) is 0 Å². The van der Waals surface area contributed by atoms with E-state index in [9.17, 15) is 0 Å². The summed E-state index contributed by atoms with van der Waals surface area (Å²) in [6.45, 7) is 0. The van der Waals surface area contributed by atoms with Gasteiger partial charge in [-0.2, -0.15) is 0 Å². The van der Waals surface area contributed by atoms with Crippen LogP contribution >= 0.6 is 11.3 Å². The molecule has 0 atom stereocenters. The van der Waals surface area contributed by atoms with Gasteiger partial charge < -0.3 is 9.32 Å². The maximum atomic E-state index is 6.66. The molecule has 238 valence electrons. The van der Waals surface area contributed by atoms with Crippen LogP contribution < -0.4 is 4.90 Å². The predicted octanol–water partition coefficient (Wildman–Crippen LogP) is 14.6. The lowest BCUT2D eigenvalue weighted by Gasteiger charge is -2.26. The summed E-state index contributed by atoms with van der Waals surface area (Å²) >= 11 is 1.85. The van der Waals surface area contributed by atoms with Crippen molar-refractivity contribution < 1.29 is 4.42 Å². The fourth-order valence-corrected chi connectivity index (χ4v) is 9.08. The van der Waals surface area contributed by atoms with Gasteiger partial charge in [-0.25, -0.2) is 0 Å². The van der Waals surface area contributed by atoms with Crippen LogP contribution in [0, 0.1) is 0 Å². The molecule has 0 spiro atoms. The van der Waals surface area contributed by atoms with Gasteiger partial charge in [-0.3, -0.25) is 0 Å². The highest BCUT2D eigenvalue weighted by molar-refractivity contribution is 7.25. The van der Waals surface area contributed by atoms with Crippen molar-refractivity contribution in [3.63, 3.8) is 0 Å². The molecule has 11 aromatic rings. The Morgan fingerprint density at radius 3 is 1.92 bits per heavy atom. The number of fused-ring (bicyclic) bond motifs is 11. The maximum absolute atomic E-state index is 6.66. The number of thiophene rings is 1. The summed E-state index contributed by atoms with van der Waals surface area (Å²) in [5, 5.41) is 12.2. The van der Waals surface area contributed by atoms with Crippen molar-refractivity contribution in [2.45, 2.75) is 0 Å². The Hall–Kier alpha value is -6.42. The molecular weight excluding hydrogens is 639 g/mol. The van der Waals surface area contributed by atoms with Crippen LogP contribution in [0.15, 0.2) is 180 Å². The predicted molar refractivity (Wildman–Crippen MR) is 219 cm³/mol. The van der Waals surface area contributed by atoms with Crippen LogP contribution in [-0.2, 0) is 0 Å². The molecule has 0 radical (unpaired) electrons. The standard InChI is InChI=1S/C48H29NOS/c1-3-10-37-31(8-1)16-17-34-28-33(21-25-38(34)37)30-18-22-35(23-19-30)49(36-24-27-46-42(29-36)40-12-5-6-15-45(40)51-46)43-13-7-14-44-47(43)41-26-20-32-9-2-4-11-39(32)48(41)50-44/h1-29H. The van der Waals surface area contributed by atoms with Crippen LogP contribution in [0.1, 0.15) is 0 Å². The van der Waals surface area contributed by atoms with Crippen molar-refractivity contribution in [3.8, 4) is 11.1 Å². The second kappa shape index (κ2) is 11.0. The quantitative estimate of drug-likeness (QED) is 0.174. The van der Waals surface area contributed by atoms with Gasteiger partial charge in [0.2, 0.25) is 0 Å². The minimum Gasteiger partial charge on any atom is -0.455 e. The van der Waals surface area contributed by atoms with Crippen molar-refractivity contribution in [2.75, 3.05) is 4.90 Å². The van der Waals surface area contributed by atoms with E-state index in [4.69, 9.17) is 4.42 Å². The van der Waals surface area contributed by atoms with E-state index < -0.39 is 0 Å². The Bertz CT molecular complexity index is 3150. The van der Waals surface area contributed by atoms with Gasteiger partial charge in [0.15, 0.2) is 0 Å². The monoisotopic (exact) mass is 667 g/mol. The molecule has 0 N–H and O–H groups in total. The highest BCUT2D eigenvalue weighted by Gasteiger charge is 2.21. The van der Waals surface area contributed by atoms with Crippen LogP contribution in [0.25, 0.3) is 85.6 Å². The van der Waals surface area contributed by atoms with Gasteiger partial charge >= 0.3 is 0 Å². The van der Waals surface area contributed by atoms with E-state index in [-0.39, 0.29) is 0 Å². The Morgan fingerprint density at radius 1 is 0.392 bits per heavy atom. The molecule has 11 rings (SSSR count). The fraction of sp³-hybridized carbons (Fsp3) is 0. The molecule has 0 saturated heterocycles. The van der Waals surface area contributed by atoms with Crippen molar-refractivity contribution in [1.29, 1.82) is 0 Å². The molecule has 2 aromatic heterocycles. The minimum absolute atomic E-state index is 0.881. The third kappa shape index (κ3) is 4.42. The second-order valence-corrected chi connectivity index (χ2v) is 14.4. The SMILES string of the molecule is c1ccc2c(c1)ccc1cc(-c3ccc(N(c4ccc5sc6ccccc6c5c4)c4cccc5oc6c7ccccc7ccc6c45)cc3)ccc12. The number of nitrogens with zero attached hydrogens (tertiary/aromatic N) is 1. The van der Waals surface area contributed by atoms with Crippen molar-refractivity contribution in [2.24, 2.45) is 0 Å². The maximum Gasteiger partial charge on any atom is 0.143 e. The summed E-state index contributed by atoms with van der Waals surface area (Å²) in [5.41, 5.74) is 7.49. The molecule has 2 nitrogen and oxygen atoms in total. The normalized spacial score (nSPS) is 11.9. The summed E-state index contributed by atoms with van der Waals surface area (Å²) in [6, 6.07) is 63.8. The molecule has 0 aliphatic heterocycles. The molecule has 0 fully saturated rings. The molecule has 9 aromatic carbocycles. The molecule has 0 amide bonds. The smallest absolute Gasteiger partial charge is 0.143 e. The average molecular weight is 668 g/mol. The molecule has 0 unspecified atom stereocenters. The van der Waals surface area contributed by atoms with E-state index in [1.54, 1.807) is 0 Å². The van der Waals surface area contributed by atoms with Gasteiger partial charge in [-0.15, -0.1) is 11.3 Å². The zero-order chi connectivity index (χ0) is 33.5. The van der Waals surface area contributed by atoms with Gasteiger partial charge in [-0.05, 0) is 98.7 Å². The van der Waals surface area contributed by atoms with E-state index >= 15 is 0 Å². The Kier molecular flexibility index (Phi) is 6.16. The van der Waals surface area contributed by atoms with Crippen molar-refractivity contribution in [3.05, 3.63) is 176 Å². The molecule has 0 aliphatic carbocycles. The Balaban J connectivity index is 1.11. The number of hydrogen-bond acceptors (Lipinski definition) is 3. The summed E-state index contributed by atoms with van der Waals surface area (Å²) in [5.74, 6) is 0. The van der Waals surface area contributed by atoms with Crippen LogP contribution in [-0.4, -0.2) is 0 Å². The largest absolute Gasteiger partial charge is 0.455 e. The Labute approximate surface area is 298 Å². The highest BCUT2D eigenvalue weighted by Crippen LogP contribution is 2.46. The zero-order valence-corrected chi connectivity index (χ0v) is 28.3. The molecule has 3 heteroatoms. The summed E-state index contributed by atoms with van der Waals surface area (Å²) in [6.07, 6.45) is 0. The van der Waals surface area contributed by atoms with Gasteiger partial charge in [0.05, 0.1) is 11.1 Å². The van der Waals surface area contributed by atoms with Gasteiger partial charge in [0, 0.05) is 42.3 Å². The summed E-state index contributed by atoms with van der Waals surface area (Å²) in [7, 11) is 0. The van der Waals surface area contributed by atoms with E-state index in [1.165, 1.54) is 58.2 Å². The second-order valence-electron chi connectivity index (χ2n) is 13.3. The molecular formula is C48H29NOS. The van der Waals surface area contributed by atoms with E-state index in [1.807, 2.05) is 11.3 Å². The lowest BCUT2D eigenvalue weighted by molar-refractivity contribution is 0.672. The molecule has 2 heterocycles. The van der Waals surface area contributed by atoms with Crippen LogP contribution in [0.2, 0.25) is 0 Å². The fourth-order valence-electron chi connectivity index (χ4n) is 8.00. The summed E-state index contributed by atoms with van der Waals surface area (Å²) in [4.78, 5) is 2.40. The molecule has 0 bridgehead atoms. The van der Waals surface area contributed by atoms with Crippen molar-refractivity contribution >= 4 is 103 Å². The topological polar surface area (TPSA) is 16.4 Å². The molecule has 0 aliphatic rings. The van der Waals surface area contributed by atoms with E-state index in [2.05, 4.69) is 181 Å². The lowest BCUT2D eigenvalue weighted by atomic mass is 9.97. The van der Waals surface area contributed by atoms with Crippen LogP contribution in [0.5, 0.6) is 0 Å². The van der Waals surface area contributed by atoms with Gasteiger partial charge in [-0.1, -0.05) is 115 Å². The molecule has 51 heavy (non-hydrogen) atoms. The third-order valence-electron chi connectivity index (χ3n) is 10.4. The first kappa shape index (κ1) is 28.4. The zero-order valence-electron chi connectivity index (χ0n) is 27.5. The number of hydrogen-bond donors (Lipinski definition) is 0. The Morgan fingerprint density at radius 2 is 1.04 bits per heavy atom. The van der Waals surface area contributed by atoms with Gasteiger partial charge in [0.1, 0.15) is 11.2 Å². The average Bonchev–Trinajstić information content (AvgIpc) is 3.77. The number of rotatable bonds is 4. The van der Waals surface area contributed by atoms with E-state index in [0.717, 1.165) is 44.4 Å². The minimum atomic E-state index is 0.881. The lowest BCUT2D eigenvalue weighted by Crippen LogP contribution is -2.10. The first-order chi connectivity index (χ1) is 25.3. The third-order valence-corrected chi connectivity index (χ3v) is 11.6. The van der Waals surface area contributed by atoms with Crippen molar-refractivity contribution in [1.82, 2.24) is 0 Å². The summed E-state index contributed by atoms with van der Waals surface area (Å²) < 4.78 is 9.25. The highest BCUT2D eigenvalue weighted by atomic mass is 32.1. The molecule has 0 saturated carbocycles. The van der Waals surface area contributed by atoms with Crippen LogP contribution in [0.3, 0.4) is 0 Å². The first-order valence-corrected chi connectivity index (χ1v) is 18.1. The van der Waals surface area contributed by atoms with Crippen LogP contribution in [0.4, 0.5) is 17.1 Å². The number of furan rings is 1. The number of benzene rings is 9. The number of anilines is 3. The van der Waals surface area contributed by atoms with E-state index in [0.29, 0.717) is 0 Å². The first-order valence-electron chi connectivity index (χ1n) is 17.3.